The second-order valence-corrected chi connectivity index (χ2v) is 7.04. The van der Waals surface area contributed by atoms with Crippen LogP contribution >= 0.6 is 11.3 Å². The molecule has 0 aliphatic rings. The highest BCUT2D eigenvalue weighted by molar-refractivity contribution is 7.10. The molecule has 148 valence electrons. The van der Waals surface area contributed by atoms with E-state index in [4.69, 9.17) is 4.74 Å². The molecule has 9 heteroatoms. The van der Waals surface area contributed by atoms with E-state index in [1.54, 1.807) is 30.3 Å². The number of hydrogen-bond acceptors (Lipinski definition) is 4. The number of esters is 1. The lowest BCUT2D eigenvalue weighted by molar-refractivity contribution is -0.133. The molecule has 0 bridgehead atoms. The van der Waals surface area contributed by atoms with E-state index < -0.39 is 22.8 Å². The van der Waals surface area contributed by atoms with Gasteiger partial charge in [-0.05, 0) is 29.6 Å². The van der Waals surface area contributed by atoms with E-state index in [1.165, 1.54) is 22.2 Å². The van der Waals surface area contributed by atoms with Crippen LogP contribution in [0.1, 0.15) is 15.2 Å². The van der Waals surface area contributed by atoms with Crippen molar-refractivity contribution in [1.29, 1.82) is 0 Å². The van der Waals surface area contributed by atoms with Crippen LogP contribution in [0.4, 0.5) is 17.6 Å². The molecule has 4 aromatic rings. The number of benzene rings is 1. The molecule has 4 rings (SSSR count). The maximum absolute atomic E-state index is 13.8. The molecule has 0 saturated carbocycles. The monoisotopic (exact) mass is 420 g/mol. The Morgan fingerprint density at radius 1 is 1.14 bits per heavy atom. The summed E-state index contributed by atoms with van der Waals surface area (Å²) in [6.07, 6.45) is -2.20. The van der Waals surface area contributed by atoms with Gasteiger partial charge in [-0.25, -0.2) is 14.2 Å². The van der Waals surface area contributed by atoms with Gasteiger partial charge in [-0.1, -0.05) is 18.2 Å². The van der Waals surface area contributed by atoms with Crippen LogP contribution in [0.25, 0.3) is 22.2 Å². The van der Waals surface area contributed by atoms with Gasteiger partial charge >= 0.3 is 12.1 Å². The van der Waals surface area contributed by atoms with Gasteiger partial charge < -0.3 is 4.74 Å². The normalized spacial score (nSPS) is 11.7. The average molecular weight is 420 g/mol. The lowest BCUT2D eigenvalue weighted by atomic mass is 10.1. The Balaban J connectivity index is 1.73. The molecule has 0 N–H and O–H groups in total. The van der Waals surface area contributed by atoms with E-state index in [2.05, 4.69) is 4.98 Å². The third-order valence-electron chi connectivity index (χ3n) is 4.24. The number of pyridine rings is 1. The van der Waals surface area contributed by atoms with Crippen molar-refractivity contribution < 1.29 is 27.1 Å². The molecule has 0 aliphatic carbocycles. The van der Waals surface area contributed by atoms with Gasteiger partial charge in [-0.2, -0.15) is 13.2 Å². The Bertz CT molecular complexity index is 1180. The molecular formula is C20H12F4N2O2S. The lowest BCUT2D eigenvalue weighted by Gasteiger charge is -2.07. The van der Waals surface area contributed by atoms with Crippen molar-refractivity contribution in [1.82, 2.24) is 9.55 Å². The minimum absolute atomic E-state index is 0.0759. The zero-order chi connectivity index (χ0) is 20.6. The van der Waals surface area contributed by atoms with Crippen molar-refractivity contribution in [2.45, 2.75) is 12.9 Å². The average Bonchev–Trinajstić information content (AvgIpc) is 3.31. The second kappa shape index (κ2) is 7.32. The third kappa shape index (κ3) is 3.73. The van der Waals surface area contributed by atoms with Crippen LogP contribution in [0.3, 0.4) is 0 Å². The standard InChI is InChI=1S/C20H12F4N2O2S/c21-13-8-15-16(14-6-7-29-17(14)20(22,23)24)10-26(18(15)25-9-13)11-28-19(27)12-4-2-1-3-5-12/h1-10H,11H2. The molecular weight excluding hydrogens is 408 g/mol. The van der Waals surface area contributed by atoms with Crippen LogP contribution in [-0.2, 0) is 17.6 Å². The molecule has 0 atom stereocenters. The first-order valence-corrected chi connectivity index (χ1v) is 9.24. The van der Waals surface area contributed by atoms with Gasteiger partial charge in [0.15, 0.2) is 6.73 Å². The van der Waals surface area contributed by atoms with E-state index in [9.17, 15) is 22.4 Å². The molecule has 0 spiro atoms. The molecule has 0 fully saturated rings. The van der Waals surface area contributed by atoms with Gasteiger partial charge in [0.2, 0.25) is 0 Å². The predicted molar refractivity (Wildman–Crippen MR) is 99.9 cm³/mol. The van der Waals surface area contributed by atoms with Crippen LogP contribution in [0.2, 0.25) is 0 Å². The highest BCUT2D eigenvalue weighted by Crippen LogP contribution is 2.43. The highest BCUT2D eigenvalue weighted by Gasteiger charge is 2.36. The molecule has 0 amide bonds. The summed E-state index contributed by atoms with van der Waals surface area (Å²) < 4.78 is 60.4. The SMILES string of the molecule is O=C(OCn1cc(-c2ccsc2C(F)(F)F)c2cc(F)cnc21)c1ccccc1. The maximum Gasteiger partial charge on any atom is 0.426 e. The number of thiophene rings is 1. The van der Waals surface area contributed by atoms with E-state index in [-0.39, 0.29) is 28.9 Å². The van der Waals surface area contributed by atoms with Crippen molar-refractivity contribution in [3.8, 4) is 11.1 Å². The first-order valence-electron chi connectivity index (χ1n) is 8.36. The highest BCUT2D eigenvalue weighted by atomic mass is 32.1. The van der Waals surface area contributed by atoms with Crippen molar-refractivity contribution in [3.05, 3.63) is 76.5 Å². The van der Waals surface area contributed by atoms with Crippen LogP contribution in [0, 0.1) is 5.82 Å². The van der Waals surface area contributed by atoms with E-state index in [0.717, 1.165) is 12.3 Å². The minimum Gasteiger partial charge on any atom is -0.440 e. The first-order chi connectivity index (χ1) is 13.8. The predicted octanol–water partition coefficient (Wildman–Crippen LogP) is 5.74. The Hall–Kier alpha value is -3.20. The summed E-state index contributed by atoms with van der Waals surface area (Å²) in [7, 11) is 0. The molecule has 3 aromatic heterocycles. The number of ether oxygens (including phenoxy) is 1. The van der Waals surface area contributed by atoms with Gasteiger partial charge in [-0.3, -0.25) is 4.57 Å². The number of carbonyl (C=O) groups excluding carboxylic acids is 1. The topological polar surface area (TPSA) is 44.1 Å². The zero-order valence-corrected chi connectivity index (χ0v) is 15.4. The van der Waals surface area contributed by atoms with Crippen molar-refractivity contribution >= 4 is 28.3 Å². The minimum atomic E-state index is -4.54. The number of rotatable bonds is 4. The van der Waals surface area contributed by atoms with Crippen LogP contribution in [0.5, 0.6) is 0 Å². The van der Waals surface area contributed by atoms with Crippen molar-refractivity contribution in [3.63, 3.8) is 0 Å². The molecule has 29 heavy (non-hydrogen) atoms. The Labute approximate surface area is 166 Å². The summed E-state index contributed by atoms with van der Waals surface area (Å²) in [6.45, 7) is -0.283. The van der Waals surface area contributed by atoms with E-state index >= 15 is 0 Å². The third-order valence-corrected chi connectivity index (χ3v) is 5.20. The molecule has 0 unspecified atom stereocenters. The fourth-order valence-electron chi connectivity index (χ4n) is 2.99. The van der Waals surface area contributed by atoms with Gasteiger partial charge in [0.1, 0.15) is 16.3 Å². The molecule has 1 aromatic carbocycles. The lowest BCUT2D eigenvalue weighted by Crippen LogP contribution is -2.09. The fourth-order valence-corrected chi connectivity index (χ4v) is 3.76. The van der Waals surface area contributed by atoms with Crippen molar-refractivity contribution in [2.75, 3.05) is 0 Å². The van der Waals surface area contributed by atoms with Crippen LogP contribution < -0.4 is 0 Å². The Morgan fingerprint density at radius 3 is 2.62 bits per heavy atom. The number of carbonyl (C=O) groups is 1. The van der Waals surface area contributed by atoms with Gasteiger partial charge in [0, 0.05) is 22.7 Å². The number of hydrogen-bond donors (Lipinski definition) is 0. The summed E-state index contributed by atoms with van der Waals surface area (Å²) >= 11 is 0.555. The van der Waals surface area contributed by atoms with Gasteiger partial charge in [0.25, 0.3) is 0 Å². The number of nitrogens with zero attached hydrogens (tertiary/aromatic N) is 2. The summed E-state index contributed by atoms with van der Waals surface area (Å²) in [5, 5.41) is 1.52. The number of aromatic nitrogens is 2. The second-order valence-electron chi connectivity index (χ2n) is 6.13. The molecule has 0 saturated heterocycles. The zero-order valence-electron chi connectivity index (χ0n) is 14.6. The number of fused-ring (bicyclic) bond motifs is 1. The Morgan fingerprint density at radius 2 is 1.90 bits per heavy atom. The summed E-state index contributed by atoms with van der Waals surface area (Å²) in [5.74, 6) is -1.27. The van der Waals surface area contributed by atoms with E-state index in [1.807, 2.05) is 0 Å². The van der Waals surface area contributed by atoms with Gasteiger partial charge in [-0.15, -0.1) is 11.3 Å². The van der Waals surface area contributed by atoms with Gasteiger partial charge in [0.05, 0.1) is 11.8 Å². The molecule has 4 nitrogen and oxygen atoms in total. The summed E-state index contributed by atoms with van der Waals surface area (Å²) in [6, 6.07) is 10.7. The molecule has 0 aliphatic heterocycles. The largest absolute Gasteiger partial charge is 0.440 e. The smallest absolute Gasteiger partial charge is 0.426 e. The van der Waals surface area contributed by atoms with Crippen LogP contribution in [0.15, 0.2) is 60.2 Å². The molecule has 0 radical (unpaired) electrons. The number of halogens is 4. The molecule has 3 heterocycles. The van der Waals surface area contributed by atoms with E-state index in [0.29, 0.717) is 16.9 Å². The quantitative estimate of drug-likeness (QED) is 0.313. The Kier molecular flexibility index (Phi) is 4.83. The first kappa shape index (κ1) is 19.1. The fraction of sp³-hybridized carbons (Fsp3) is 0.100. The number of alkyl halides is 3. The summed E-state index contributed by atoms with van der Waals surface area (Å²) in [4.78, 5) is 15.3. The van der Waals surface area contributed by atoms with Crippen LogP contribution in [-0.4, -0.2) is 15.5 Å². The van der Waals surface area contributed by atoms with Crippen molar-refractivity contribution in [2.24, 2.45) is 0 Å². The maximum atomic E-state index is 13.8. The summed E-state index contributed by atoms with van der Waals surface area (Å²) in [5.41, 5.74) is 0.631.